The number of rotatable bonds is 4. The molecule has 0 spiro atoms. The lowest BCUT2D eigenvalue weighted by Crippen LogP contribution is -2.43. The molecule has 0 radical (unpaired) electrons. The fourth-order valence-electron chi connectivity index (χ4n) is 1.69. The van der Waals surface area contributed by atoms with Crippen LogP contribution < -0.4 is 5.32 Å². The molecule has 6 heteroatoms. The molecule has 1 unspecified atom stereocenters. The summed E-state index contributed by atoms with van der Waals surface area (Å²) in [7, 11) is 0. The number of likely N-dealkylation sites (N-methyl/N-ethyl adjacent to an activating group) is 1. The van der Waals surface area contributed by atoms with Gasteiger partial charge in [-0.2, -0.15) is 18.3 Å². The first kappa shape index (κ1) is 15.0. The summed E-state index contributed by atoms with van der Waals surface area (Å²) < 4.78 is 38.7. The van der Waals surface area contributed by atoms with Gasteiger partial charge in [0.1, 0.15) is 0 Å². The Labute approximate surface area is 105 Å². The van der Waals surface area contributed by atoms with Crippen molar-refractivity contribution in [1.29, 1.82) is 0 Å². The average molecular weight is 263 g/mol. The van der Waals surface area contributed by atoms with Gasteiger partial charge in [-0.05, 0) is 12.0 Å². The third-order valence-corrected chi connectivity index (χ3v) is 2.83. The molecule has 18 heavy (non-hydrogen) atoms. The van der Waals surface area contributed by atoms with Crippen LogP contribution in [0.1, 0.15) is 33.3 Å². The third-order valence-electron chi connectivity index (χ3n) is 2.83. The van der Waals surface area contributed by atoms with E-state index in [0.29, 0.717) is 6.54 Å². The van der Waals surface area contributed by atoms with Crippen LogP contribution in [0, 0.1) is 5.41 Å². The van der Waals surface area contributed by atoms with Crippen LogP contribution >= 0.6 is 0 Å². The van der Waals surface area contributed by atoms with Crippen molar-refractivity contribution in [3.63, 3.8) is 0 Å². The second-order valence-electron chi connectivity index (χ2n) is 5.43. The Bertz CT molecular complexity index is 377. The van der Waals surface area contributed by atoms with E-state index >= 15 is 0 Å². The Hall–Kier alpha value is -1.04. The van der Waals surface area contributed by atoms with Crippen LogP contribution in [0.4, 0.5) is 13.2 Å². The summed E-state index contributed by atoms with van der Waals surface area (Å²) >= 11 is 0. The highest BCUT2D eigenvalue weighted by atomic mass is 19.4. The Balaban J connectivity index is 2.79. The molecule has 1 heterocycles. The van der Waals surface area contributed by atoms with Gasteiger partial charge in [0.05, 0.1) is 18.3 Å². The first-order valence-electron chi connectivity index (χ1n) is 5.97. The molecule has 1 N–H and O–H groups in total. The van der Waals surface area contributed by atoms with E-state index in [4.69, 9.17) is 0 Å². The smallest absolute Gasteiger partial charge is 0.312 e. The van der Waals surface area contributed by atoms with Crippen molar-refractivity contribution >= 4 is 0 Å². The van der Waals surface area contributed by atoms with Gasteiger partial charge in [-0.1, -0.05) is 27.7 Å². The van der Waals surface area contributed by atoms with Gasteiger partial charge in [0.15, 0.2) is 0 Å². The van der Waals surface area contributed by atoms with E-state index in [0.717, 1.165) is 18.9 Å². The van der Waals surface area contributed by atoms with Crippen molar-refractivity contribution in [2.24, 2.45) is 5.41 Å². The molecule has 1 rings (SSSR count). The summed E-state index contributed by atoms with van der Waals surface area (Å²) in [6.07, 6.45) is -2.41. The number of nitrogens with one attached hydrogen (secondary N) is 1. The number of aromatic nitrogens is 2. The Kier molecular flexibility index (Phi) is 4.42. The predicted molar refractivity (Wildman–Crippen MR) is 64.1 cm³/mol. The molecule has 1 aromatic heterocycles. The molecule has 0 bridgehead atoms. The highest BCUT2D eigenvalue weighted by Crippen LogP contribution is 2.29. The quantitative estimate of drug-likeness (QED) is 0.905. The minimum Gasteiger partial charge on any atom is -0.312 e. The van der Waals surface area contributed by atoms with Gasteiger partial charge in [0, 0.05) is 12.2 Å². The number of halogens is 3. The summed E-state index contributed by atoms with van der Waals surface area (Å²) in [5.74, 6) is 0. The normalized spacial score (nSPS) is 14.8. The van der Waals surface area contributed by atoms with Gasteiger partial charge < -0.3 is 5.32 Å². The van der Waals surface area contributed by atoms with Crippen LogP contribution in [0.2, 0.25) is 0 Å². The SMILES string of the molecule is CCNC(Cn1cc(C(F)(F)F)cn1)C(C)(C)C. The molecule has 1 aromatic rings. The van der Waals surface area contributed by atoms with E-state index < -0.39 is 11.7 Å². The Morgan fingerprint density at radius 1 is 1.33 bits per heavy atom. The zero-order valence-electron chi connectivity index (χ0n) is 11.2. The van der Waals surface area contributed by atoms with Gasteiger partial charge >= 0.3 is 6.18 Å². The number of hydrogen-bond acceptors (Lipinski definition) is 2. The average Bonchev–Trinajstić information content (AvgIpc) is 2.63. The van der Waals surface area contributed by atoms with E-state index in [1.165, 1.54) is 4.68 Å². The van der Waals surface area contributed by atoms with Crippen LogP contribution in [-0.2, 0) is 12.7 Å². The summed E-state index contributed by atoms with van der Waals surface area (Å²) in [5, 5.41) is 7.05. The molecule has 3 nitrogen and oxygen atoms in total. The summed E-state index contributed by atoms with van der Waals surface area (Å²) in [4.78, 5) is 0. The minimum absolute atomic E-state index is 0.0413. The lowest BCUT2D eigenvalue weighted by atomic mass is 9.86. The number of alkyl halides is 3. The standard InChI is InChI=1S/C12H20F3N3/c1-5-16-10(11(2,3)4)8-18-7-9(6-17-18)12(13,14)15/h6-7,10,16H,5,8H2,1-4H3. The molecule has 0 aliphatic rings. The molecule has 104 valence electrons. The summed E-state index contributed by atoms with van der Waals surface area (Å²) in [6, 6.07) is 0.0727. The van der Waals surface area contributed by atoms with E-state index in [-0.39, 0.29) is 11.5 Å². The molecule has 0 aliphatic heterocycles. The first-order chi connectivity index (χ1) is 8.14. The summed E-state index contributed by atoms with van der Waals surface area (Å²) in [6.45, 7) is 9.32. The third kappa shape index (κ3) is 4.01. The summed E-state index contributed by atoms with van der Waals surface area (Å²) in [5.41, 5.74) is -0.743. The molecule has 1 atom stereocenters. The van der Waals surface area contributed by atoms with Crippen LogP contribution in [0.25, 0.3) is 0 Å². The minimum atomic E-state index is -4.33. The molecule has 0 aromatic carbocycles. The van der Waals surface area contributed by atoms with Crippen molar-refractivity contribution in [2.75, 3.05) is 6.54 Å². The molecule has 0 saturated carbocycles. The molecular formula is C12H20F3N3. The predicted octanol–water partition coefficient (Wildman–Crippen LogP) is 2.93. The van der Waals surface area contributed by atoms with Gasteiger partial charge in [-0.25, -0.2) is 0 Å². The lowest BCUT2D eigenvalue weighted by Gasteiger charge is -2.31. The largest absolute Gasteiger partial charge is 0.419 e. The van der Waals surface area contributed by atoms with Crippen LogP contribution in [0.5, 0.6) is 0 Å². The van der Waals surface area contributed by atoms with Crippen LogP contribution in [-0.4, -0.2) is 22.4 Å². The maximum Gasteiger partial charge on any atom is 0.419 e. The lowest BCUT2D eigenvalue weighted by molar-refractivity contribution is -0.137. The van der Waals surface area contributed by atoms with Gasteiger partial charge in [0.2, 0.25) is 0 Å². The zero-order valence-corrected chi connectivity index (χ0v) is 11.2. The van der Waals surface area contributed by atoms with Gasteiger partial charge in [-0.15, -0.1) is 0 Å². The van der Waals surface area contributed by atoms with E-state index in [1.54, 1.807) is 0 Å². The second-order valence-corrected chi connectivity index (χ2v) is 5.43. The van der Waals surface area contributed by atoms with Crippen molar-refractivity contribution in [2.45, 2.75) is 46.5 Å². The van der Waals surface area contributed by atoms with E-state index in [9.17, 15) is 13.2 Å². The Morgan fingerprint density at radius 2 is 1.94 bits per heavy atom. The fourth-order valence-corrected chi connectivity index (χ4v) is 1.69. The van der Waals surface area contributed by atoms with Gasteiger partial charge in [-0.3, -0.25) is 4.68 Å². The highest BCUT2D eigenvalue weighted by molar-refractivity contribution is 5.08. The molecular weight excluding hydrogens is 243 g/mol. The monoisotopic (exact) mass is 263 g/mol. The Morgan fingerprint density at radius 3 is 2.33 bits per heavy atom. The number of hydrogen-bond donors (Lipinski definition) is 1. The van der Waals surface area contributed by atoms with Crippen LogP contribution in [0.3, 0.4) is 0 Å². The van der Waals surface area contributed by atoms with E-state index in [1.807, 2.05) is 6.92 Å². The zero-order chi connectivity index (χ0) is 14.0. The first-order valence-corrected chi connectivity index (χ1v) is 5.97. The number of nitrogens with zero attached hydrogens (tertiary/aromatic N) is 2. The maximum atomic E-state index is 12.5. The van der Waals surface area contributed by atoms with Crippen molar-refractivity contribution in [3.05, 3.63) is 18.0 Å². The van der Waals surface area contributed by atoms with Gasteiger partial charge in [0.25, 0.3) is 0 Å². The topological polar surface area (TPSA) is 29.9 Å². The van der Waals surface area contributed by atoms with Crippen molar-refractivity contribution in [1.82, 2.24) is 15.1 Å². The second kappa shape index (κ2) is 5.30. The fraction of sp³-hybridized carbons (Fsp3) is 0.750. The van der Waals surface area contributed by atoms with Crippen molar-refractivity contribution in [3.8, 4) is 0 Å². The van der Waals surface area contributed by atoms with E-state index in [2.05, 4.69) is 31.2 Å². The molecule has 0 amide bonds. The maximum absolute atomic E-state index is 12.5. The van der Waals surface area contributed by atoms with Crippen LogP contribution in [0.15, 0.2) is 12.4 Å². The highest BCUT2D eigenvalue weighted by Gasteiger charge is 2.33. The molecule has 0 fully saturated rings. The molecule has 0 aliphatic carbocycles. The van der Waals surface area contributed by atoms with Crippen molar-refractivity contribution < 1.29 is 13.2 Å². The molecule has 0 saturated heterocycles.